The summed E-state index contributed by atoms with van der Waals surface area (Å²) >= 11 is 1.44. The van der Waals surface area contributed by atoms with Crippen LogP contribution in [0.1, 0.15) is 57.3 Å². The lowest BCUT2D eigenvalue weighted by Crippen LogP contribution is -2.40. The van der Waals surface area contributed by atoms with E-state index in [1.54, 1.807) is 31.4 Å². The highest BCUT2D eigenvalue weighted by Crippen LogP contribution is 2.37. The highest BCUT2D eigenvalue weighted by molar-refractivity contribution is 7.17. The summed E-state index contributed by atoms with van der Waals surface area (Å²) in [5.74, 6) is -0.416. The molecular formula is C20H23N3O4S. The van der Waals surface area contributed by atoms with Crippen LogP contribution >= 0.6 is 11.3 Å². The second-order valence-electron chi connectivity index (χ2n) is 6.59. The SMILES string of the molecule is COc1ccc(C(=O)Nc2sc3c(c2C(=O)NNC(C)=O)CCCCC3)cc1. The quantitative estimate of drug-likeness (QED) is 0.542. The van der Waals surface area contributed by atoms with E-state index in [-0.39, 0.29) is 11.8 Å². The molecule has 0 bridgehead atoms. The number of carbonyl (C=O) groups excluding carboxylic acids is 3. The molecule has 0 radical (unpaired) electrons. The van der Waals surface area contributed by atoms with Gasteiger partial charge in [0, 0.05) is 17.4 Å². The molecule has 0 spiro atoms. The molecule has 8 heteroatoms. The molecule has 1 aliphatic carbocycles. The third-order valence-corrected chi connectivity index (χ3v) is 5.79. The van der Waals surface area contributed by atoms with Gasteiger partial charge in [-0.15, -0.1) is 11.3 Å². The van der Waals surface area contributed by atoms with Crippen molar-refractivity contribution in [1.29, 1.82) is 0 Å². The number of amides is 3. The van der Waals surface area contributed by atoms with Crippen LogP contribution in [-0.2, 0) is 17.6 Å². The second-order valence-corrected chi connectivity index (χ2v) is 7.69. The minimum absolute atomic E-state index is 0.298. The van der Waals surface area contributed by atoms with Gasteiger partial charge in [-0.3, -0.25) is 25.2 Å². The summed E-state index contributed by atoms with van der Waals surface area (Å²) in [6, 6.07) is 6.76. The molecule has 1 heterocycles. The third-order valence-electron chi connectivity index (χ3n) is 4.58. The zero-order valence-electron chi connectivity index (χ0n) is 15.9. The smallest absolute Gasteiger partial charge is 0.272 e. The van der Waals surface area contributed by atoms with Crippen LogP contribution in [0.25, 0.3) is 0 Å². The molecule has 0 unspecified atom stereocenters. The molecule has 0 aliphatic heterocycles. The lowest BCUT2D eigenvalue weighted by molar-refractivity contribution is -0.119. The van der Waals surface area contributed by atoms with E-state index in [1.165, 1.54) is 18.3 Å². The number of hydrogen-bond donors (Lipinski definition) is 3. The highest BCUT2D eigenvalue weighted by atomic mass is 32.1. The lowest BCUT2D eigenvalue weighted by Gasteiger charge is -2.10. The van der Waals surface area contributed by atoms with E-state index < -0.39 is 5.91 Å². The van der Waals surface area contributed by atoms with Gasteiger partial charge in [-0.05, 0) is 55.5 Å². The second kappa shape index (κ2) is 8.88. The molecule has 28 heavy (non-hydrogen) atoms. The minimum Gasteiger partial charge on any atom is -0.497 e. The Bertz CT molecular complexity index is 890. The molecule has 1 aromatic carbocycles. The number of thiophene rings is 1. The van der Waals surface area contributed by atoms with Crippen LogP contribution in [0.15, 0.2) is 24.3 Å². The van der Waals surface area contributed by atoms with E-state index in [9.17, 15) is 14.4 Å². The maximum atomic E-state index is 12.7. The zero-order valence-corrected chi connectivity index (χ0v) is 16.7. The van der Waals surface area contributed by atoms with E-state index in [0.717, 1.165) is 42.5 Å². The van der Waals surface area contributed by atoms with Crippen LogP contribution in [0.3, 0.4) is 0 Å². The molecule has 3 N–H and O–H groups in total. The van der Waals surface area contributed by atoms with E-state index in [4.69, 9.17) is 4.74 Å². The van der Waals surface area contributed by atoms with Crippen molar-refractivity contribution in [2.75, 3.05) is 12.4 Å². The minimum atomic E-state index is -0.417. The summed E-state index contributed by atoms with van der Waals surface area (Å²) in [6.45, 7) is 1.32. The van der Waals surface area contributed by atoms with Crippen LogP contribution in [0.4, 0.5) is 5.00 Å². The number of methoxy groups -OCH3 is 1. The molecule has 2 aromatic rings. The average Bonchev–Trinajstić information content (AvgIpc) is 2.86. The third kappa shape index (κ3) is 4.51. The number of fused-ring (bicyclic) bond motifs is 1. The Morgan fingerprint density at radius 3 is 2.36 bits per heavy atom. The molecule has 3 rings (SSSR count). The fraction of sp³-hybridized carbons (Fsp3) is 0.350. The topological polar surface area (TPSA) is 96.5 Å². The number of nitrogens with one attached hydrogen (secondary N) is 3. The van der Waals surface area contributed by atoms with Gasteiger partial charge >= 0.3 is 0 Å². The number of benzene rings is 1. The van der Waals surface area contributed by atoms with Gasteiger partial charge in [-0.25, -0.2) is 0 Å². The maximum absolute atomic E-state index is 12.7. The van der Waals surface area contributed by atoms with Crippen molar-refractivity contribution in [3.05, 3.63) is 45.8 Å². The first-order valence-corrected chi connectivity index (χ1v) is 9.98. The number of hydrazine groups is 1. The predicted molar refractivity (Wildman–Crippen MR) is 108 cm³/mol. The Hall–Kier alpha value is -2.87. The van der Waals surface area contributed by atoms with E-state index in [2.05, 4.69) is 16.2 Å². The van der Waals surface area contributed by atoms with E-state index in [0.29, 0.717) is 21.9 Å². The van der Waals surface area contributed by atoms with Crippen LogP contribution in [0.5, 0.6) is 5.75 Å². The molecular weight excluding hydrogens is 378 g/mol. The highest BCUT2D eigenvalue weighted by Gasteiger charge is 2.26. The molecule has 0 fully saturated rings. The monoisotopic (exact) mass is 401 g/mol. The van der Waals surface area contributed by atoms with Crippen molar-refractivity contribution in [3.8, 4) is 5.75 Å². The van der Waals surface area contributed by atoms with Crippen molar-refractivity contribution in [2.24, 2.45) is 0 Å². The van der Waals surface area contributed by atoms with Crippen LogP contribution in [0.2, 0.25) is 0 Å². The summed E-state index contributed by atoms with van der Waals surface area (Å²) < 4.78 is 5.11. The van der Waals surface area contributed by atoms with Gasteiger partial charge in [0.15, 0.2) is 0 Å². The van der Waals surface area contributed by atoms with E-state index in [1.807, 2.05) is 0 Å². The van der Waals surface area contributed by atoms with Crippen molar-refractivity contribution in [3.63, 3.8) is 0 Å². The number of anilines is 1. The van der Waals surface area contributed by atoms with Crippen molar-refractivity contribution in [1.82, 2.24) is 10.9 Å². The first-order chi connectivity index (χ1) is 13.5. The van der Waals surface area contributed by atoms with Crippen molar-refractivity contribution in [2.45, 2.75) is 39.0 Å². The van der Waals surface area contributed by atoms with Crippen molar-refractivity contribution < 1.29 is 19.1 Å². The Balaban J connectivity index is 1.89. The van der Waals surface area contributed by atoms with E-state index >= 15 is 0 Å². The zero-order chi connectivity index (χ0) is 20.1. The Morgan fingerprint density at radius 2 is 1.68 bits per heavy atom. The van der Waals surface area contributed by atoms with Gasteiger partial charge in [0.05, 0.1) is 12.7 Å². The molecule has 0 saturated carbocycles. The number of carbonyl (C=O) groups is 3. The predicted octanol–water partition coefficient (Wildman–Crippen LogP) is 3.06. The number of ether oxygens (including phenoxy) is 1. The molecule has 1 aromatic heterocycles. The Morgan fingerprint density at radius 1 is 0.964 bits per heavy atom. The Kier molecular flexibility index (Phi) is 6.30. The van der Waals surface area contributed by atoms with Crippen molar-refractivity contribution >= 4 is 34.1 Å². The Labute approximate surface area is 167 Å². The van der Waals surface area contributed by atoms with Gasteiger partial charge in [0.2, 0.25) is 5.91 Å². The number of aryl methyl sites for hydroxylation is 1. The molecule has 0 atom stereocenters. The first-order valence-electron chi connectivity index (χ1n) is 9.16. The van der Waals surface area contributed by atoms with Gasteiger partial charge in [0.1, 0.15) is 10.8 Å². The first kappa shape index (κ1) is 19.9. The van der Waals surface area contributed by atoms with Crippen LogP contribution in [-0.4, -0.2) is 24.8 Å². The summed E-state index contributed by atoms with van der Waals surface area (Å²) in [5, 5.41) is 3.39. The molecule has 1 aliphatic rings. The lowest BCUT2D eigenvalue weighted by atomic mass is 10.0. The largest absolute Gasteiger partial charge is 0.497 e. The van der Waals surface area contributed by atoms with Gasteiger partial charge in [-0.1, -0.05) is 6.42 Å². The summed E-state index contributed by atoms with van der Waals surface area (Å²) in [7, 11) is 1.56. The van der Waals surface area contributed by atoms with Gasteiger partial charge in [0.25, 0.3) is 11.8 Å². The molecule has 148 valence electrons. The molecule has 3 amide bonds. The van der Waals surface area contributed by atoms with Crippen LogP contribution in [0, 0.1) is 0 Å². The fourth-order valence-corrected chi connectivity index (χ4v) is 4.48. The van der Waals surface area contributed by atoms with Gasteiger partial charge in [-0.2, -0.15) is 0 Å². The van der Waals surface area contributed by atoms with Gasteiger partial charge < -0.3 is 10.1 Å². The van der Waals surface area contributed by atoms with Crippen LogP contribution < -0.4 is 20.9 Å². The standard InChI is InChI=1S/C20H23N3O4S/c1-12(24)22-23-19(26)17-15-6-4-3-5-7-16(15)28-20(17)21-18(25)13-8-10-14(27-2)11-9-13/h8-11H,3-7H2,1-2H3,(H,21,25)(H,22,24)(H,23,26). The fourth-order valence-electron chi connectivity index (χ4n) is 3.20. The molecule has 0 saturated heterocycles. The average molecular weight is 401 g/mol. The number of rotatable bonds is 4. The molecule has 7 nitrogen and oxygen atoms in total. The maximum Gasteiger partial charge on any atom is 0.272 e. The number of hydrogen-bond acceptors (Lipinski definition) is 5. The summed E-state index contributed by atoms with van der Waals surface area (Å²) in [6.07, 6.45) is 4.84. The normalized spacial score (nSPS) is 13.1. The summed E-state index contributed by atoms with van der Waals surface area (Å²) in [4.78, 5) is 37.7. The summed E-state index contributed by atoms with van der Waals surface area (Å²) in [5.41, 5.74) is 6.62.